The van der Waals surface area contributed by atoms with Crippen LogP contribution in [0.1, 0.15) is 22.3 Å². The van der Waals surface area contributed by atoms with Gasteiger partial charge in [0, 0.05) is 33.5 Å². The Morgan fingerprint density at radius 2 is 0.607 bits per heavy atom. The van der Waals surface area contributed by atoms with Crippen LogP contribution in [0.4, 0.5) is 34.1 Å². The van der Waals surface area contributed by atoms with Gasteiger partial charge in [0.2, 0.25) is 0 Å². The molecule has 0 N–H and O–H groups in total. The van der Waals surface area contributed by atoms with Crippen molar-refractivity contribution >= 4 is 77.2 Å². The molecule has 0 heterocycles. The Morgan fingerprint density at radius 3 is 1.04 bits per heavy atom. The van der Waals surface area contributed by atoms with E-state index in [1.807, 2.05) is 0 Å². The normalized spacial score (nSPS) is 12.1. The summed E-state index contributed by atoms with van der Waals surface area (Å²) in [5.41, 5.74) is 12.6. The van der Waals surface area contributed by atoms with Gasteiger partial charge in [-0.05, 0) is 128 Å². The Morgan fingerprint density at radius 1 is 0.250 bits per heavy atom. The Kier molecular flexibility index (Phi) is 7.67. The molecule has 11 rings (SSSR count). The Hall–Kier alpha value is -7.16. The van der Waals surface area contributed by atoms with Crippen molar-refractivity contribution in [3.05, 3.63) is 229 Å². The molecule has 1 aliphatic rings. The zero-order chi connectivity index (χ0) is 37.0. The van der Waals surface area contributed by atoms with Gasteiger partial charge in [0.25, 0.3) is 0 Å². The lowest BCUT2D eigenvalue weighted by molar-refractivity contribution is 0.998. The lowest BCUT2D eigenvalue weighted by atomic mass is 9.85. The summed E-state index contributed by atoms with van der Waals surface area (Å²) in [4.78, 5) is 4.89. The quantitative estimate of drug-likeness (QED) is 0.158. The van der Waals surface area contributed by atoms with Gasteiger partial charge in [-0.15, -0.1) is 0 Å². The monoisotopic (exact) mass is 714 g/mol. The molecule has 0 amide bonds. The number of anilines is 6. The average Bonchev–Trinajstić information content (AvgIpc) is 3.26. The lowest BCUT2D eigenvalue weighted by Crippen LogP contribution is -2.15. The summed E-state index contributed by atoms with van der Waals surface area (Å²) in [5.74, 6) is 0. The third-order valence-electron chi connectivity index (χ3n) is 11.7. The third-order valence-corrected chi connectivity index (χ3v) is 11.7. The molecule has 264 valence electrons. The van der Waals surface area contributed by atoms with Gasteiger partial charge in [0.1, 0.15) is 0 Å². The van der Waals surface area contributed by atoms with E-state index in [2.05, 4.69) is 216 Å². The fourth-order valence-corrected chi connectivity index (χ4v) is 9.03. The molecule has 0 fully saturated rings. The Bertz CT molecular complexity index is 2880. The smallest absolute Gasteiger partial charge is 0.0546 e. The Balaban J connectivity index is 1.01. The minimum absolute atomic E-state index is 0.893. The maximum Gasteiger partial charge on any atom is 0.0546 e. The molecule has 10 aromatic carbocycles. The average molecular weight is 715 g/mol. The first-order chi connectivity index (χ1) is 27.8. The van der Waals surface area contributed by atoms with Gasteiger partial charge in [0.05, 0.1) is 11.4 Å². The number of rotatable bonds is 6. The summed E-state index contributed by atoms with van der Waals surface area (Å²) in [6, 6.07) is 75.7. The molecule has 0 unspecified atom stereocenters. The van der Waals surface area contributed by atoms with E-state index in [1.165, 1.54) is 88.1 Å². The van der Waals surface area contributed by atoms with Crippen LogP contribution in [0.5, 0.6) is 0 Å². The minimum atomic E-state index is 0.893. The SMILES string of the molecule is c1ccc(N(c2ccc3c(c2)Cc2ccc(N(c4ccccc4)c4cc5ccccc5c5ccccc45)cc2C3)c2cc3ccccc3c3ccccc23)cc1. The van der Waals surface area contributed by atoms with E-state index >= 15 is 0 Å². The highest BCUT2D eigenvalue weighted by molar-refractivity contribution is 6.15. The second-order valence-electron chi connectivity index (χ2n) is 14.9. The first kappa shape index (κ1) is 32.3. The molecular formula is C54H38N2. The van der Waals surface area contributed by atoms with Gasteiger partial charge >= 0.3 is 0 Å². The summed E-state index contributed by atoms with van der Waals surface area (Å²) < 4.78 is 0. The van der Waals surface area contributed by atoms with Gasteiger partial charge in [-0.3, -0.25) is 0 Å². The molecule has 0 saturated heterocycles. The number of para-hydroxylation sites is 2. The van der Waals surface area contributed by atoms with Crippen LogP contribution in [0, 0.1) is 0 Å². The molecule has 2 nitrogen and oxygen atoms in total. The Labute approximate surface area is 327 Å². The van der Waals surface area contributed by atoms with E-state index < -0.39 is 0 Å². The number of hydrogen-bond donors (Lipinski definition) is 0. The van der Waals surface area contributed by atoms with Crippen molar-refractivity contribution in [1.82, 2.24) is 0 Å². The number of benzene rings is 10. The zero-order valence-electron chi connectivity index (χ0n) is 30.9. The summed E-state index contributed by atoms with van der Waals surface area (Å²) in [6.07, 6.45) is 1.79. The molecule has 0 radical (unpaired) electrons. The lowest BCUT2D eigenvalue weighted by Gasteiger charge is -2.30. The largest absolute Gasteiger partial charge is 0.310 e. The second-order valence-corrected chi connectivity index (χ2v) is 14.9. The van der Waals surface area contributed by atoms with Crippen LogP contribution in [0.2, 0.25) is 0 Å². The standard InChI is InChI=1S/C54H38N2/c1-3-17-43(18-4-1)55(53-35-39-15-7-9-21-47(39)49-23-11-13-25-51(49)53)45-29-27-37-32-42-34-46(30-28-38(42)31-41(37)33-45)56(44-19-5-2-6-20-44)54-36-40-16-8-10-22-48(40)50-24-12-14-26-52(50)54/h1-30,33-36H,31-32H2. The summed E-state index contributed by atoms with van der Waals surface area (Å²) >= 11 is 0. The highest BCUT2D eigenvalue weighted by Crippen LogP contribution is 2.45. The zero-order valence-corrected chi connectivity index (χ0v) is 30.9. The number of nitrogens with zero attached hydrogens (tertiary/aromatic N) is 2. The van der Waals surface area contributed by atoms with Crippen molar-refractivity contribution in [2.45, 2.75) is 12.8 Å². The van der Waals surface area contributed by atoms with Crippen molar-refractivity contribution in [2.24, 2.45) is 0 Å². The highest BCUT2D eigenvalue weighted by Gasteiger charge is 2.23. The second kappa shape index (κ2) is 13.3. The van der Waals surface area contributed by atoms with Crippen LogP contribution in [0.3, 0.4) is 0 Å². The maximum atomic E-state index is 2.44. The predicted octanol–water partition coefficient (Wildman–Crippen LogP) is 14.7. The summed E-state index contributed by atoms with van der Waals surface area (Å²) in [6.45, 7) is 0. The van der Waals surface area contributed by atoms with E-state index in [9.17, 15) is 0 Å². The van der Waals surface area contributed by atoms with E-state index in [1.54, 1.807) is 0 Å². The predicted molar refractivity (Wildman–Crippen MR) is 238 cm³/mol. The first-order valence-corrected chi connectivity index (χ1v) is 19.5. The molecule has 0 aromatic heterocycles. The maximum absolute atomic E-state index is 2.44. The minimum Gasteiger partial charge on any atom is -0.310 e. The van der Waals surface area contributed by atoms with E-state index in [0.717, 1.165) is 24.2 Å². The van der Waals surface area contributed by atoms with Crippen LogP contribution < -0.4 is 9.80 Å². The van der Waals surface area contributed by atoms with Crippen molar-refractivity contribution < 1.29 is 0 Å². The van der Waals surface area contributed by atoms with E-state index in [0.29, 0.717) is 0 Å². The molecule has 0 aliphatic heterocycles. The topological polar surface area (TPSA) is 6.48 Å². The van der Waals surface area contributed by atoms with Crippen molar-refractivity contribution in [1.29, 1.82) is 0 Å². The summed E-state index contributed by atoms with van der Waals surface area (Å²) in [5, 5.41) is 10.1. The van der Waals surface area contributed by atoms with Crippen molar-refractivity contribution in [3.8, 4) is 0 Å². The van der Waals surface area contributed by atoms with Gasteiger partial charge in [-0.25, -0.2) is 0 Å². The molecule has 0 spiro atoms. The first-order valence-electron chi connectivity index (χ1n) is 19.5. The van der Waals surface area contributed by atoms with E-state index in [4.69, 9.17) is 0 Å². The molecule has 2 heteroatoms. The van der Waals surface area contributed by atoms with E-state index in [-0.39, 0.29) is 0 Å². The van der Waals surface area contributed by atoms with Gasteiger partial charge in [-0.2, -0.15) is 0 Å². The number of hydrogen-bond acceptors (Lipinski definition) is 2. The molecule has 56 heavy (non-hydrogen) atoms. The summed E-state index contributed by atoms with van der Waals surface area (Å²) in [7, 11) is 0. The van der Waals surface area contributed by atoms with Crippen molar-refractivity contribution in [3.63, 3.8) is 0 Å². The molecule has 1 aliphatic carbocycles. The fourth-order valence-electron chi connectivity index (χ4n) is 9.03. The highest BCUT2D eigenvalue weighted by atomic mass is 15.1. The van der Waals surface area contributed by atoms with Gasteiger partial charge < -0.3 is 9.80 Å². The van der Waals surface area contributed by atoms with Crippen LogP contribution in [0.15, 0.2) is 206 Å². The van der Waals surface area contributed by atoms with Crippen LogP contribution in [-0.2, 0) is 12.8 Å². The molecule has 0 bridgehead atoms. The number of fused-ring (bicyclic) bond motifs is 8. The molecule has 0 saturated carbocycles. The van der Waals surface area contributed by atoms with Crippen LogP contribution in [-0.4, -0.2) is 0 Å². The van der Waals surface area contributed by atoms with Crippen LogP contribution >= 0.6 is 0 Å². The van der Waals surface area contributed by atoms with Crippen LogP contribution in [0.25, 0.3) is 43.1 Å². The fraction of sp³-hybridized carbons (Fsp3) is 0.0370. The third kappa shape index (κ3) is 5.41. The molecular weight excluding hydrogens is 677 g/mol. The van der Waals surface area contributed by atoms with Gasteiger partial charge in [-0.1, -0.05) is 146 Å². The molecule has 0 atom stereocenters. The molecule has 10 aromatic rings. The van der Waals surface area contributed by atoms with Crippen molar-refractivity contribution in [2.75, 3.05) is 9.80 Å². The van der Waals surface area contributed by atoms with Gasteiger partial charge in [0.15, 0.2) is 0 Å².